The van der Waals surface area contributed by atoms with Crippen molar-refractivity contribution in [3.8, 4) is 0 Å². The van der Waals surface area contributed by atoms with Crippen molar-refractivity contribution in [1.29, 1.82) is 0 Å². The van der Waals surface area contributed by atoms with Crippen LogP contribution in [0, 0.1) is 0 Å². The minimum atomic E-state index is -3.53. The number of rotatable bonds is 2. The Morgan fingerprint density at radius 1 is 1.50 bits per heavy atom. The van der Waals surface area contributed by atoms with E-state index < -0.39 is 10.0 Å². The van der Waals surface area contributed by atoms with Crippen LogP contribution in [-0.4, -0.2) is 13.4 Å². The van der Waals surface area contributed by atoms with E-state index in [9.17, 15) is 8.42 Å². The molecule has 1 aromatic rings. The van der Waals surface area contributed by atoms with E-state index in [1.165, 1.54) is 6.08 Å². The van der Waals surface area contributed by atoms with Gasteiger partial charge in [0.05, 0.1) is 0 Å². The van der Waals surface area contributed by atoms with Crippen molar-refractivity contribution in [3.63, 3.8) is 0 Å². The summed E-state index contributed by atoms with van der Waals surface area (Å²) in [4.78, 5) is 3.80. The third-order valence-corrected chi connectivity index (χ3v) is 1.65. The highest BCUT2D eigenvalue weighted by Gasteiger charge is 1.92. The summed E-state index contributed by atoms with van der Waals surface area (Å²) in [6.45, 7) is 0. The largest absolute Gasteiger partial charge is 0.264 e. The predicted molar refractivity (Wildman–Crippen MR) is 46.4 cm³/mol. The lowest BCUT2D eigenvalue weighted by Crippen LogP contribution is -2.06. The molecule has 0 spiro atoms. The van der Waals surface area contributed by atoms with Crippen molar-refractivity contribution in [1.82, 2.24) is 4.98 Å². The number of nitrogens with zero attached hydrogens (tertiary/aromatic N) is 1. The summed E-state index contributed by atoms with van der Waals surface area (Å²) >= 11 is 0. The zero-order valence-electron chi connectivity index (χ0n) is 6.21. The number of aromatic nitrogens is 1. The zero-order chi connectivity index (χ0) is 9.03. The molecular weight excluding hydrogens is 176 g/mol. The van der Waals surface area contributed by atoms with E-state index in [1.54, 1.807) is 24.5 Å². The summed E-state index contributed by atoms with van der Waals surface area (Å²) in [5.41, 5.74) is 0.700. The molecule has 0 saturated carbocycles. The minimum absolute atomic E-state index is 0.700. The van der Waals surface area contributed by atoms with Crippen molar-refractivity contribution in [2.24, 2.45) is 5.14 Å². The Balaban J connectivity index is 2.85. The number of sulfonamides is 1. The molecular formula is C7H8N2O2S. The second-order valence-electron chi connectivity index (χ2n) is 2.18. The SMILES string of the molecule is NS(=O)(=O)C=Cc1cccnc1. The summed E-state index contributed by atoms with van der Waals surface area (Å²) in [7, 11) is -3.53. The molecule has 0 aromatic carbocycles. The zero-order valence-corrected chi connectivity index (χ0v) is 7.03. The molecule has 0 aliphatic rings. The Morgan fingerprint density at radius 3 is 2.75 bits per heavy atom. The monoisotopic (exact) mass is 184 g/mol. The molecule has 0 radical (unpaired) electrons. The van der Waals surface area contributed by atoms with Crippen LogP contribution in [0.4, 0.5) is 0 Å². The fourth-order valence-corrected chi connectivity index (χ4v) is 0.995. The van der Waals surface area contributed by atoms with Gasteiger partial charge in [-0.25, -0.2) is 13.6 Å². The Labute approximate surface area is 70.8 Å². The van der Waals surface area contributed by atoms with E-state index in [2.05, 4.69) is 4.98 Å². The molecule has 0 aliphatic heterocycles. The van der Waals surface area contributed by atoms with Gasteiger partial charge in [-0.1, -0.05) is 6.07 Å². The van der Waals surface area contributed by atoms with E-state index in [0.717, 1.165) is 5.41 Å². The first kappa shape index (κ1) is 8.89. The van der Waals surface area contributed by atoms with Crippen molar-refractivity contribution >= 4 is 16.1 Å². The second kappa shape index (κ2) is 3.46. The van der Waals surface area contributed by atoms with Gasteiger partial charge in [-0.15, -0.1) is 0 Å². The molecule has 12 heavy (non-hydrogen) atoms. The molecule has 0 saturated heterocycles. The van der Waals surface area contributed by atoms with Crippen LogP contribution in [-0.2, 0) is 10.0 Å². The lowest BCUT2D eigenvalue weighted by atomic mass is 10.3. The topological polar surface area (TPSA) is 73.1 Å². The molecule has 4 nitrogen and oxygen atoms in total. The van der Waals surface area contributed by atoms with Gasteiger partial charge in [0.2, 0.25) is 10.0 Å². The Morgan fingerprint density at radius 2 is 2.25 bits per heavy atom. The van der Waals surface area contributed by atoms with Crippen molar-refractivity contribution < 1.29 is 8.42 Å². The van der Waals surface area contributed by atoms with E-state index >= 15 is 0 Å². The van der Waals surface area contributed by atoms with E-state index in [0.29, 0.717) is 5.56 Å². The Hall–Kier alpha value is -1.20. The van der Waals surface area contributed by atoms with Gasteiger partial charge in [-0.2, -0.15) is 0 Å². The van der Waals surface area contributed by atoms with E-state index in [-0.39, 0.29) is 0 Å². The van der Waals surface area contributed by atoms with E-state index in [4.69, 9.17) is 5.14 Å². The predicted octanol–water partition coefficient (Wildman–Crippen LogP) is 0.341. The van der Waals surface area contributed by atoms with Crippen LogP contribution in [0.15, 0.2) is 29.9 Å². The first-order chi connectivity index (χ1) is 5.58. The minimum Gasteiger partial charge on any atom is -0.264 e. The second-order valence-corrected chi connectivity index (χ2v) is 3.63. The molecule has 5 heteroatoms. The highest BCUT2D eigenvalue weighted by atomic mass is 32.2. The van der Waals surface area contributed by atoms with Crippen LogP contribution in [0.25, 0.3) is 6.08 Å². The van der Waals surface area contributed by atoms with Crippen molar-refractivity contribution in [2.45, 2.75) is 0 Å². The highest BCUT2D eigenvalue weighted by Crippen LogP contribution is 1.99. The fourth-order valence-electron chi connectivity index (χ4n) is 0.648. The van der Waals surface area contributed by atoms with Gasteiger partial charge >= 0.3 is 0 Å². The maximum Gasteiger partial charge on any atom is 0.231 e. The number of hydrogen-bond donors (Lipinski definition) is 1. The lowest BCUT2D eigenvalue weighted by Gasteiger charge is -1.89. The summed E-state index contributed by atoms with van der Waals surface area (Å²) in [5, 5.41) is 5.68. The van der Waals surface area contributed by atoms with Crippen LogP contribution in [0.5, 0.6) is 0 Å². The number of primary sulfonamides is 1. The average Bonchev–Trinajstić information content (AvgIpc) is 2.02. The normalized spacial score (nSPS) is 12.1. The van der Waals surface area contributed by atoms with Crippen LogP contribution in [0.1, 0.15) is 5.56 Å². The van der Waals surface area contributed by atoms with Gasteiger partial charge in [0.15, 0.2) is 0 Å². The Kier molecular flexibility index (Phi) is 2.57. The molecule has 0 bridgehead atoms. The molecule has 2 N–H and O–H groups in total. The molecule has 1 aromatic heterocycles. The van der Waals surface area contributed by atoms with Crippen LogP contribution in [0.3, 0.4) is 0 Å². The van der Waals surface area contributed by atoms with Gasteiger partial charge in [-0.3, -0.25) is 4.98 Å². The smallest absolute Gasteiger partial charge is 0.231 e. The number of hydrogen-bond acceptors (Lipinski definition) is 3. The summed E-state index contributed by atoms with van der Waals surface area (Å²) in [6.07, 6.45) is 4.54. The van der Waals surface area contributed by atoms with Gasteiger partial charge in [-0.05, 0) is 17.7 Å². The molecule has 1 rings (SSSR count). The Bertz CT molecular complexity index is 370. The van der Waals surface area contributed by atoms with Gasteiger partial charge in [0, 0.05) is 17.8 Å². The first-order valence-electron chi connectivity index (χ1n) is 3.19. The quantitative estimate of drug-likeness (QED) is 0.720. The van der Waals surface area contributed by atoms with Gasteiger partial charge < -0.3 is 0 Å². The molecule has 0 atom stereocenters. The van der Waals surface area contributed by atoms with Crippen molar-refractivity contribution in [3.05, 3.63) is 35.5 Å². The summed E-state index contributed by atoms with van der Waals surface area (Å²) in [6, 6.07) is 3.44. The summed E-state index contributed by atoms with van der Waals surface area (Å²) < 4.78 is 21.0. The molecule has 0 aliphatic carbocycles. The molecule has 1 heterocycles. The third-order valence-electron chi connectivity index (χ3n) is 1.13. The van der Waals surface area contributed by atoms with Crippen molar-refractivity contribution in [2.75, 3.05) is 0 Å². The number of pyridine rings is 1. The van der Waals surface area contributed by atoms with Crippen LogP contribution in [0.2, 0.25) is 0 Å². The van der Waals surface area contributed by atoms with Crippen LogP contribution < -0.4 is 5.14 Å². The lowest BCUT2D eigenvalue weighted by molar-refractivity contribution is 0.606. The fraction of sp³-hybridized carbons (Fsp3) is 0. The van der Waals surface area contributed by atoms with Crippen LogP contribution >= 0.6 is 0 Å². The van der Waals surface area contributed by atoms with E-state index in [1.807, 2.05) is 0 Å². The maximum absolute atomic E-state index is 10.5. The molecule has 64 valence electrons. The molecule has 0 amide bonds. The summed E-state index contributed by atoms with van der Waals surface area (Å²) in [5.74, 6) is 0. The highest BCUT2D eigenvalue weighted by molar-refractivity contribution is 7.92. The standard InChI is InChI=1S/C7H8N2O2S/c8-12(10,11)5-3-7-2-1-4-9-6-7/h1-6H,(H2,8,10,11). The maximum atomic E-state index is 10.5. The molecule has 0 fully saturated rings. The third kappa shape index (κ3) is 3.27. The van der Waals surface area contributed by atoms with Gasteiger partial charge in [0.1, 0.15) is 0 Å². The molecule has 0 unspecified atom stereocenters. The number of nitrogens with two attached hydrogens (primary N) is 1. The average molecular weight is 184 g/mol. The van der Waals surface area contributed by atoms with Gasteiger partial charge in [0.25, 0.3) is 0 Å². The first-order valence-corrected chi connectivity index (χ1v) is 4.80.